The van der Waals surface area contributed by atoms with Crippen LogP contribution in [0.5, 0.6) is 0 Å². The molecule has 0 aliphatic carbocycles. The molecule has 1 rings (SSSR count). The molecule has 57 heavy (non-hydrogen) atoms. The van der Waals surface area contributed by atoms with Crippen LogP contribution in [-0.4, -0.2) is 60.5 Å². The summed E-state index contributed by atoms with van der Waals surface area (Å²) in [5.74, 6) is 1.18. The van der Waals surface area contributed by atoms with Crippen molar-refractivity contribution in [2.75, 3.05) is 26.4 Å². The molecule has 3 atom stereocenters. The molecular weight excluding hydrogens is 745 g/mol. The van der Waals surface area contributed by atoms with Gasteiger partial charge in [0.15, 0.2) is 6.10 Å². The maximum absolute atomic E-state index is 12.6. The minimum Gasteiger partial charge on any atom is -0.466 e. The standard InChI is InChI=1S/C45H74NO10P/c1-5-7-9-10-11-12-13-14-15-16-17-20-24-28-40(47)29-27-33-45(49)55-41(37-54-57(50,51)53-35-34-46)36-52-44(48)32-26-22-19-18-21-25-31-43-39(4)38(3)42(56-43)30-23-8-6-2/h7,9,11-12,14-15,17,20,24,28,40-41,47H,5-6,8,10,13,16,18-19,21-23,25-27,29-37,46H2,1-4H3,(H,50,51)/b9-7-,12-11-,15-14-,20-17-,28-24+/t40?,41-/m1/s1. The number of unbranched alkanes of at least 4 members (excludes halogenated alkanes) is 7. The van der Waals surface area contributed by atoms with Crippen molar-refractivity contribution in [3.63, 3.8) is 0 Å². The number of aryl methyl sites for hydroxylation is 2. The van der Waals surface area contributed by atoms with Gasteiger partial charge < -0.3 is 29.6 Å². The highest BCUT2D eigenvalue weighted by molar-refractivity contribution is 7.47. The van der Waals surface area contributed by atoms with Gasteiger partial charge in [0.1, 0.15) is 18.1 Å². The van der Waals surface area contributed by atoms with Crippen LogP contribution in [0.2, 0.25) is 0 Å². The predicted molar refractivity (Wildman–Crippen MR) is 229 cm³/mol. The van der Waals surface area contributed by atoms with Gasteiger partial charge in [0.25, 0.3) is 0 Å². The average Bonchev–Trinajstić information content (AvgIpc) is 3.45. The molecule has 2 unspecified atom stereocenters. The van der Waals surface area contributed by atoms with Gasteiger partial charge in [0.05, 0.1) is 19.3 Å². The van der Waals surface area contributed by atoms with Crippen molar-refractivity contribution in [1.82, 2.24) is 0 Å². The summed E-state index contributed by atoms with van der Waals surface area (Å²) < 4.78 is 38.9. The van der Waals surface area contributed by atoms with E-state index in [4.69, 9.17) is 28.7 Å². The van der Waals surface area contributed by atoms with Gasteiger partial charge in [-0.3, -0.25) is 18.6 Å². The second kappa shape index (κ2) is 33.9. The first-order valence-corrected chi connectivity index (χ1v) is 22.7. The van der Waals surface area contributed by atoms with Crippen LogP contribution in [0.4, 0.5) is 0 Å². The number of aliphatic hydroxyl groups is 1. The maximum atomic E-state index is 12.6. The molecule has 0 spiro atoms. The van der Waals surface area contributed by atoms with Crippen LogP contribution in [0, 0.1) is 13.8 Å². The lowest BCUT2D eigenvalue weighted by molar-refractivity contribution is -0.161. The Morgan fingerprint density at radius 3 is 1.95 bits per heavy atom. The van der Waals surface area contributed by atoms with Gasteiger partial charge in [-0.1, -0.05) is 113 Å². The summed E-state index contributed by atoms with van der Waals surface area (Å²) in [5, 5.41) is 10.3. The molecule has 0 saturated carbocycles. The van der Waals surface area contributed by atoms with Gasteiger partial charge in [0.2, 0.25) is 0 Å². The van der Waals surface area contributed by atoms with E-state index >= 15 is 0 Å². The van der Waals surface area contributed by atoms with E-state index in [-0.39, 0.29) is 32.6 Å². The van der Waals surface area contributed by atoms with Crippen molar-refractivity contribution in [1.29, 1.82) is 0 Å². The normalized spacial score (nSPS) is 14.4. The fourth-order valence-corrected chi connectivity index (χ4v) is 6.55. The molecule has 1 aromatic heterocycles. The summed E-state index contributed by atoms with van der Waals surface area (Å²) in [5.41, 5.74) is 7.92. The van der Waals surface area contributed by atoms with Gasteiger partial charge in [-0.05, 0) is 82.8 Å². The Bertz CT molecular complexity index is 1410. The first kappa shape index (κ1) is 52.0. The minimum absolute atomic E-state index is 0.0127. The Morgan fingerprint density at radius 1 is 0.737 bits per heavy atom. The van der Waals surface area contributed by atoms with E-state index in [1.165, 1.54) is 24.0 Å². The predicted octanol–water partition coefficient (Wildman–Crippen LogP) is 10.3. The fourth-order valence-electron chi connectivity index (χ4n) is 5.78. The number of esters is 2. The number of rotatable bonds is 35. The van der Waals surface area contributed by atoms with E-state index in [0.29, 0.717) is 19.3 Å². The van der Waals surface area contributed by atoms with Gasteiger partial charge >= 0.3 is 19.8 Å². The number of phosphoric ester groups is 1. The van der Waals surface area contributed by atoms with Crippen LogP contribution >= 0.6 is 7.82 Å². The maximum Gasteiger partial charge on any atom is 0.472 e. The Kier molecular flexibility index (Phi) is 30.9. The summed E-state index contributed by atoms with van der Waals surface area (Å²) in [6, 6.07) is 0. The molecule has 1 heterocycles. The molecule has 0 radical (unpaired) electrons. The molecule has 11 nitrogen and oxygen atoms in total. The highest BCUT2D eigenvalue weighted by Crippen LogP contribution is 2.43. The number of hydrogen-bond donors (Lipinski definition) is 3. The van der Waals surface area contributed by atoms with E-state index in [1.807, 2.05) is 12.2 Å². The molecule has 0 bridgehead atoms. The van der Waals surface area contributed by atoms with Gasteiger partial charge in [-0.2, -0.15) is 0 Å². The topological polar surface area (TPSA) is 168 Å². The SMILES string of the molecule is CC/C=C\C/C=C\C/C=C\C/C=C\C=C\C(O)CCCC(=O)O[C@H](COC(=O)CCCCCCCCc1oc(CCCCC)c(C)c1C)COP(=O)(O)OCCN. The van der Waals surface area contributed by atoms with Crippen LogP contribution in [-0.2, 0) is 45.5 Å². The summed E-state index contributed by atoms with van der Waals surface area (Å²) in [4.78, 5) is 35.0. The Balaban J connectivity index is 2.39. The molecule has 0 amide bonds. The van der Waals surface area contributed by atoms with Crippen molar-refractivity contribution in [2.24, 2.45) is 5.73 Å². The number of hydrogen-bond acceptors (Lipinski definition) is 10. The van der Waals surface area contributed by atoms with Gasteiger partial charge in [-0.15, -0.1) is 0 Å². The number of aliphatic hydroxyl groups excluding tert-OH is 1. The second-order valence-corrected chi connectivity index (χ2v) is 15.7. The van der Waals surface area contributed by atoms with Crippen molar-refractivity contribution in [3.05, 3.63) is 83.4 Å². The Morgan fingerprint density at radius 2 is 1.32 bits per heavy atom. The number of phosphoric acid groups is 1. The van der Waals surface area contributed by atoms with E-state index in [0.717, 1.165) is 88.6 Å². The summed E-state index contributed by atoms with van der Waals surface area (Å²) in [6.07, 6.45) is 34.1. The molecule has 0 fully saturated rings. The van der Waals surface area contributed by atoms with E-state index in [9.17, 15) is 24.2 Å². The molecular formula is C45H74NO10P. The van der Waals surface area contributed by atoms with Crippen molar-refractivity contribution in [2.45, 2.75) is 162 Å². The number of carbonyl (C=O) groups is 2. The number of ether oxygens (including phenoxy) is 2. The summed E-state index contributed by atoms with van der Waals surface area (Å²) >= 11 is 0. The second-order valence-electron chi connectivity index (χ2n) is 14.3. The highest BCUT2D eigenvalue weighted by Gasteiger charge is 2.26. The minimum atomic E-state index is -4.45. The van der Waals surface area contributed by atoms with E-state index < -0.39 is 38.6 Å². The fraction of sp³-hybridized carbons (Fsp3) is 0.644. The van der Waals surface area contributed by atoms with Gasteiger partial charge in [0, 0.05) is 32.2 Å². The molecule has 12 heteroatoms. The van der Waals surface area contributed by atoms with Crippen molar-refractivity contribution >= 4 is 19.8 Å². The van der Waals surface area contributed by atoms with Gasteiger partial charge in [-0.25, -0.2) is 4.57 Å². The first-order chi connectivity index (χ1) is 27.5. The molecule has 0 aliphatic heterocycles. The first-order valence-electron chi connectivity index (χ1n) is 21.2. The number of nitrogens with two attached hydrogens (primary N) is 1. The molecule has 4 N–H and O–H groups in total. The Labute approximate surface area is 343 Å². The number of carbonyl (C=O) groups excluding carboxylic acids is 2. The lowest BCUT2D eigenvalue weighted by Gasteiger charge is -2.20. The third-order valence-electron chi connectivity index (χ3n) is 9.23. The van der Waals surface area contributed by atoms with E-state index in [1.54, 1.807) is 12.2 Å². The lowest BCUT2D eigenvalue weighted by atomic mass is 10.0. The Hall–Kier alpha value is -3.05. The zero-order valence-corrected chi connectivity index (χ0v) is 36.3. The molecule has 0 saturated heterocycles. The quantitative estimate of drug-likeness (QED) is 0.0196. The monoisotopic (exact) mass is 820 g/mol. The molecule has 0 aromatic carbocycles. The number of allylic oxidation sites excluding steroid dienone is 9. The van der Waals surface area contributed by atoms with Crippen LogP contribution in [0.15, 0.2) is 65.2 Å². The van der Waals surface area contributed by atoms with Crippen molar-refractivity contribution in [3.8, 4) is 0 Å². The zero-order valence-electron chi connectivity index (χ0n) is 35.4. The van der Waals surface area contributed by atoms with Crippen LogP contribution in [0.1, 0.15) is 146 Å². The van der Waals surface area contributed by atoms with Crippen molar-refractivity contribution < 1.29 is 47.1 Å². The zero-order chi connectivity index (χ0) is 42.0. The largest absolute Gasteiger partial charge is 0.472 e. The smallest absolute Gasteiger partial charge is 0.466 e. The highest BCUT2D eigenvalue weighted by atomic mass is 31.2. The third kappa shape index (κ3) is 28.1. The summed E-state index contributed by atoms with van der Waals surface area (Å²) in [6.45, 7) is 7.59. The third-order valence-corrected chi connectivity index (χ3v) is 10.2. The molecule has 0 aliphatic rings. The number of furan rings is 1. The van der Waals surface area contributed by atoms with Crippen LogP contribution < -0.4 is 5.73 Å². The molecule has 1 aromatic rings. The average molecular weight is 820 g/mol. The van der Waals surface area contributed by atoms with Crippen LogP contribution in [0.3, 0.4) is 0 Å². The summed E-state index contributed by atoms with van der Waals surface area (Å²) in [7, 11) is -4.45. The van der Waals surface area contributed by atoms with Crippen LogP contribution in [0.25, 0.3) is 0 Å². The lowest BCUT2D eigenvalue weighted by Crippen LogP contribution is -2.29. The molecule has 324 valence electrons. The van der Waals surface area contributed by atoms with E-state index in [2.05, 4.69) is 64.2 Å².